The molecule has 0 amide bonds. The normalized spacial score (nSPS) is 10.7. The quantitative estimate of drug-likeness (QED) is 0.706. The summed E-state index contributed by atoms with van der Waals surface area (Å²) in [6, 6.07) is 14.1. The lowest BCUT2D eigenvalue weighted by molar-refractivity contribution is 0.400. The Labute approximate surface area is 140 Å². The van der Waals surface area contributed by atoms with Gasteiger partial charge in [0.2, 0.25) is 0 Å². The molecule has 0 saturated carbocycles. The van der Waals surface area contributed by atoms with Crippen molar-refractivity contribution in [2.75, 3.05) is 7.11 Å². The van der Waals surface area contributed by atoms with Crippen LogP contribution < -0.4 is 10.5 Å². The van der Waals surface area contributed by atoms with Crippen LogP contribution in [0.1, 0.15) is 11.1 Å². The van der Waals surface area contributed by atoms with Gasteiger partial charge in [0.05, 0.1) is 18.8 Å². The lowest BCUT2D eigenvalue weighted by Gasteiger charge is -2.23. The Hall–Kier alpha value is -2.60. The second kappa shape index (κ2) is 6.66. The molecule has 2 aromatic carbocycles. The van der Waals surface area contributed by atoms with Crippen LogP contribution in [0.4, 0.5) is 0 Å². The van der Waals surface area contributed by atoms with Gasteiger partial charge in [-0.1, -0.05) is 18.2 Å². The van der Waals surface area contributed by atoms with Crippen LogP contribution in [0.25, 0.3) is 10.9 Å². The number of nitrogens with zero attached hydrogens (tertiary/aromatic N) is 2. The van der Waals surface area contributed by atoms with Crippen molar-refractivity contribution in [1.29, 1.82) is 0 Å². The lowest BCUT2D eigenvalue weighted by atomic mass is 10.1. The maximum atomic E-state index is 5.90. The molecule has 3 aromatic rings. The number of hydrogen-bond donors (Lipinski definition) is 2. The molecule has 0 spiro atoms. The van der Waals surface area contributed by atoms with Crippen LogP contribution in [0, 0.1) is 0 Å². The van der Waals surface area contributed by atoms with E-state index in [0.717, 1.165) is 27.8 Å². The zero-order valence-electron chi connectivity index (χ0n) is 12.8. The number of H-pyrrole nitrogens is 1. The highest BCUT2D eigenvalue weighted by Crippen LogP contribution is 2.18. The topological polar surface area (TPSA) is 67.2 Å². The largest absolute Gasteiger partial charge is 0.497 e. The first-order valence-corrected chi connectivity index (χ1v) is 7.66. The van der Waals surface area contributed by atoms with Gasteiger partial charge >= 0.3 is 0 Å². The van der Waals surface area contributed by atoms with Gasteiger partial charge in [0.15, 0.2) is 5.11 Å². The molecule has 0 unspecified atom stereocenters. The molecule has 1 heterocycles. The Bertz CT molecular complexity index is 830. The third-order valence-corrected chi connectivity index (χ3v) is 3.96. The minimum absolute atomic E-state index is 0.375. The van der Waals surface area contributed by atoms with E-state index in [2.05, 4.69) is 22.3 Å². The number of methoxy groups -OCH3 is 1. The first-order chi connectivity index (χ1) is 11.2. The number of aromatic nitrogens is 2. The SMILES string of the molecule is COc1cccc(CN(Cc2ccc3[nH]ncc3c2)C(N)=S)c1. The molecule has 3 rings (SSSR count). The van der Waals surface area contributed by atoms with Crippen molar-refractivity contribution in [2.45, 2.75) is 13.1 Å². The highest BCUT2D eigenvalue weighted by molar-refractivity contribution is 7.80. The molecule has 0 fully saturated rings. The maximum Gasteiger partial charge on any atom is 0.166 e. The summed E-state index contributed by atoms with van der Waals surface area (Å²) in [6.07, 6.45) is 1.81. The third kappa shape index (κ3) is 3.60. The predicted octanol–water partition coefficient (Wildman–Crippen LogP) is 2.82. The highest BCUT2D eigenvalue weighted by atomic mass is 32.1. The summed E-state index contributed by atoms with van der Waals surface area (Å²) in [5.41, 5.74) is 9.15. The van der Waals surface area contributed by atoms with Crippen molar-refractivity contribution in [3.8, 4) is 5.75 Å². The Balaban J connectivity index is 1.79. The van der Waals surface area contributed by atoms with E-state index in [9.17, 15) is 0 Å². The van der Waals surface area contributed by atoms with Crippen molar-refractivity contribution >= 4 is 28.2 Å². The summed E-state index contributed by atoms with van der Waals surface area (Å²) in [6.45, 7) is 1.28. The molecule has 5 nitrogen and oxygen atoms in total. The molecule has 0 aliphatic carbocycles. The van der Waals surface area contributed by atoms with Crippen LogP contribution in [-0.2, 0) is 13.1 Å². The number of hydrogen-bond acceptors (Lipinski definition) is 3. The van der Waals surface area contributed by atoms with Gasteiger partial charge in [-0.15, -0.1) is 0 Å². The highest BCUT2D eigenvalue weighted by Gasteiger charge is 2.10. The molecule has 0 aliphatic rings. The molecule has 1 aromatic heterocycles. The van der Waals surface area contributed by atoms with Crippen LogP contribution in [0.5, 0.6) is 5.75 Å². The van der Waals surface area contributed by atoms with Crippen molar-refractivity contribution in [1.82, 2.24) is 15.1 Å². The molecule has 6 heteroatoms. The van der Waals surface area contributed by atoms with E-state index in [1.54, 1.807) is 7.11 Å². The van der Waals surface area contributed by atoms with Gasteiger partial charge in [0.1, 0.15) is 5.75 Å². The smallest absolute Gasteiger partial charge is 0.166 e. The molecular weight excluding hydrogens is 308 g/mol. The summed E-state index contributed by atoms with van der Waals surface area (Å²) in [7, 11) is 1.66. The van der Waals surface area contributed by atoms with E-state index >= 15 is 0 Å². The summed E-state index contributed by atoms with van der Waals surface area (Å²) >= 11 is 5.21. The molecule has 3 N–H and O–H groups in total. The number of thiocarbonyl (C=S) groups is 1. The Morgan fingerprint density at radius 3 is 2.74 bits per heavy atom. The van der Waals surface area contributed by atoms with E-state index in [1.807, 2.05) is 41.4 Å². The number of rotatable bonds is 5. The van der Waals surface area contributed by atoms with Gasteiger partial charge in [0.25, 0.3) is 0 Å². The molecule has 0 atom stereocenters. The van der Waals surface area contributed by atoms with Crippen molar-refractivity contribution in [3.05, 3.63) is 59.8 Å². The first kappa shape index (κ1) is 15.3. The molecule has 0 radical (unpaired) electrons. The van der Waals surface area contributed by atoms with Gasteiger partial charge in [-0.05, 0) is 47.6 Å². The minimum atomic E-state index is 0.375. The van der Waals surface area contributed by atoms with Crippen LogP contribution >= 0.6 is 12.2 Å². The molecule has 23 heavy (non-hydrogen) atoms. The number of fused-ring (bicyclic) bond motifs is 1. The van der Waals surface area contributed by atoms with Gasteiger partial charge in [0, 0.05) is 18.5 Å². The predicted molar refractivity (Wildman–Crippen MR) is 95.1 cm³/mol. The van der Waals surface area contributed by atoms with E-state index in [4.69, 9.17) is 22.7 Å². The number of aromatic amines is 1. The Morgan fingerprint density at radius 1 is 1.22 bits per heavy atom. The fraction of sp³-hybridized carbons (Fsp3) is 0.176. The Morgan fingerprint density at radius 2 is 2.00 bits per heavy atom. The van der Waals surface area contributed by atoms with Crippen LogP contribution in [-0.4, -0.2) is 27.3 Å². The number of ether oxygens (including phenoxy) is 1. The second-order valence-electron chi connectivity index (χ2n) is 5.34. The molecule has 0 saturated heterocycles. The summed E-state index contributed by atoms with van der Waals surface area (Å²) in [4.78, 5) is 1.96. The van der Waals surface area contributed by atoms with Crippen LogP contribution in [0.3, 0.4) is 0 Å². The second-order valence-corrected chi connectivity index (χ2v) is 5.76. The average molecular weight is 326 g/mol. The minimum Gasteiger partial charge on any atom is -0.497 e. The molecule has 0 bridgehead atoms. The van der Waals surface area contributed by atoms with Crippen molar-refractivity contribution < 1.29 is 4.74 Å². The van der Waals surface area contributed by atoms with Crippen LogP contribution in [0.2, 0.25) is 0 Å². The maximum absolute atomic E-state index is 5.90. The average Bonchev–Trinajstić information content (AvgIpc) is 3.02. The van der Waals surface area contributed by atoms with Crippen molar-refractivity contribution in [2.24, 2.45) is 5.73 Å². The first-order valence-electron chi connectivity index (χ1n) is 7.25. The summed E-state index contributed by atoms with van der Waals surface area (Å²) < 4.78 is 5.26. The van der Waals surface area contributed by atoms with Crippen molar-refractivity contribution in [3.63, 3.8) is 0 Å². The van der Waals surface area contributed by atoms with E-state index < -0.39 is 0 Å². The number of nitrogens with two attached hydrogens (primary N) is 1. The third-order valence-electron chi connectivity index (χ3n) is 3.70. The summed E-state index contributed by atoms with van der Waals surface area (Å²) in [5.74, 6) is 0.824. The molecular formula is C17H18N4OS. The van der Waals surface area contributed by atoms with Gasteiger partial charge in [-0.25, -0.2) is 0 Å². The zero-order valence-corrected chi connectivity index (χ0v) is 13.6. The van der Waals surface area contributed by atoms with E-state index in [-0.39, 0.29) is 0 Å². The van der Waals surface area contributed by atoms with Gasteiger partial charge < -0.3 is 15.4 Å². The van der Waals surface area contributed by atoms with E-state index in [1.165, 1.54) is 0 Å². The van der Waals surface area contributed by atoms with Gasteiger partial charge in [-0.2, -0.15) is 5.10 Å². The van der Waals surface area contributed by atoms with Crippen LogP contribution in [0.15, 0.2) is 48.7 Å². The fourth-order valence-corrected chi connectivity index (χ4v) is 2.64. The standard InChI is InChI=1S/C17H18N4OS/c1-22-15-4-2-3-12(8-15)10-21(17(18)23)11-13-5-6-16-14(7-13)9-19-20-16/h2-9H,10-11H2,1H3,(H2,18,23)(H,19,20). The molecule has 118 valence electrons. The van der Waals surface area contributed by atoms with Gasteiger partial charge in [-0.3, -0.25) is 5.10 Å². The fourth-order valence-electron chi connectivity index (χ4n) is 2.51. The Kier molecular flexibility index (Phi) is 4.43. The monoisotopic (exact) mass is 326 g/mol. The summed E-state index contributed by atoms with van der Waals surface area (Å²) in [5, 5.41) is 8.44. The molecule has 0 aliphatic heterocycles. The zero-order chi connectivity index (χ0) is 16.2. The number of nitrogens with one attached hydrogen (secondary N) is 1. The lowest BCUT2D eigenvalue weighted by Crippen LogP contribution is -2.34. The van der Waals surface area contributed by atoms with E-state index in [0.29, 0.717) is 18.2 Å². The number of benzene rings is 2.